The van der Waals surface area contributed by atoms with E-state index in [0.717, 1.165) is 7.11 Å². The highest BCUT2D eigenvalue weighted by molar-refractivity contribution is 7.89. The van der Waals surface area contributed by atoms with Crippen LogP contribution in [0.3, 0.4) is 0 Å². The molecule has 2 rings (SSSR count). The molecule has 0 heterocycles. The summed E-state index contributed by atoms with van der Waals surface area (Å²) in [5.41, 5.74) is -0.901. The molecule has 0 aliphatic heterocycles. The molecular formula is C13H14ClNO5S. The number of halogens is 1. The first-order valence-electron chi connectivity index (χ1n) is 6.17. The third-order valence-corrected chi connectivity index (χ3v) is 4.70. The number of methoxy groups -OCH3 is 1. The number of esters is 1. The van der Waals surface area contributed by atoms with Crippen LogP contribution in [0, 0.1) is 5.41 Å². The van der Waals surface area contributed by atoms with E-state index in [1.807, 2.05) is 4.72 Å². The van der Waals surface area contributed by atoms with Crippen LogP contribution in [0.4, 0.5) is 0 Å². The average molecular weight is 332 g/mol. The Morgan fingerprint density at radius 3 is 2.57 bits per heavy atom. The lowest BCUT2D eigenvalue weighted by atomic mass is 10.1. The summed E-state index contributed by atoms with van der Waals surface area (Å²) in [6.07, 6.45) is 0.580. The van der Waals surface area contributed by atoms with E-state index in [4.69, 9.17) is 11.6 Å². The minimum Gasteiger partial charge on any atom is -0.468 e. The van der Waals surface area contributed by atoms with Gasteiger partial charge in [-0.05, 0) is 30.5 Å². The van der Waals surface area contributed by atoms with Gasteiger partial charge in [-0.2, -0.15) is 0 Å². The quantitative estimate of drug-likeness (QED) is 0.647. The maximum Gasteiger partial charge on any atom is 0.321 e. The van der Waals surface area contributed by atoms with E-state index in [9.17, 15) is 18.0 Å². The highest BCUT2D eigenvalue weighted by Crippen LogP contribution is 2.47. The van der Waals surface area contributed by atoms with Gasteiger partial charge in [0, 0.05) is 5.02 Å². The number of nitrogens with one attached hydrogen (secondary N) is 1. The monoisotopic (exact) mass is 331 g/mol. The molecule has 0 aromatic heterocycles. The van der Waals surface area contributed by atoms with E-state index >= 15 is 0 Å². The molecular weight excluding hydrogens is 318 g/mol. The number of hydrogen-bond acceptors (Lipinski definition) is 5. The molecule has 8 heteroatoms. The van der Waals surface area contributed by atoms with Crippen molar-refractivity contribution >= 4 is 33.5 Å². The van der Waals surface area contributed by atoms with Gasteiger partial charge in [-0.1, -0.05) is 23.7 Å². The molecule has 1 aliphatic carbocycles. The number of hydrogen-bond donors (Lipinski definition) is 1. The molecule has 1 saturated carbocycles. The van der Waals surface area contributed by atoms with E-state index in [1.54, 1.807) is 18.2 Å². The Balaban J connectivity index is 2.08. The van der Waals surface area contributed by atoms with Crippen LogP contribution in [0.15, 0.2) is 24.3 Å². The summed E-state index contributed by atoms with van der Waals surface area (Å²) < 4.78 is 30.4. The summed E-state index contributed by atoms with van der Waals surface area (Å²) in [4.78, 5) is 23.5. The molecule has 6 nitrogen and oxygen atoms in total. The second kappa shape index (κ2) is 5.65. The molecule has 1 N–H and O–H groups in total. The third kappa shape index (κ3) is 3.54. The van der Waals surface area contributed by atoms with Gasteiger partial charge >= 0.3 is 5.97 Å². The van der Waals surface area contributed by atoms with Crippen LogP contribution in [0.5, 0.6) is 0 Å². The molecule has 1 fully saturated rings. The Bertz CT molecular complexity index is 682. The van der Waals surface area contributed by atoms with E-state index < -0.39 is 33.1 Å². The summed E-state index contributed by atoms with van der Waals surface area (Å²) in [7, 11) is -2.74. The number of rotatable bonds is 5. The molecule has 1 aromatic carbocycles. The molecule has 21 heavy (non-hydrogen) atoms. The first-order valence-corrected chi connectivity index (χ1v) is 8.20. The van der Waals surface area contributed by atoms with Crippen LogP contribution < -0.4 is 4.72 Å². The molecule has 0 unspecified atom stereocenters. The van der Waals surface area contributed by atoms with Crippen molar-refractivity contribution in [3.8, 4) is 0 Å². The van der Waals surface area contributed by atoms with Crippen molar-refractivity contribution in [2.75, 3.05) is 7.11 Å². The minimum absolute atomic E-state index is 0.290. The maximum absolute atomic E-state index is 12.0. The van der Waals surface area contributed by atoms with Crippen LogP contribution in [0.25, 0.3) is 0 Å². The zero-order valence-electron chi connectivity index (χ0n) is 11.3. The predicted octanol–water partition coefficient (Wildman–Crippen LogP) is 1.24. The molecule has 0 radical (unpaired) electrons. The van der Waals surface area contributed by atoms with Crippen molar-refractivity contribution in [3.05, 3.63) is 34.9 Å². The normalized spacial score (nSPS) is 16.1. The highest BCUT2D eigenvalue weighted by Gasteiger charge is 2.58. The Labute approximate surface area is 127 Å². The topological polar surface area (TPSA) is 89.5 Å². The zero-order chi connectivity index (χ0) is 15.7. The lowest BCUT2D eigenvalue weighted by molar-refractivity contribution is -0.151. The van der Waals surface area contributed by atoms with E-state index in [2.05, 4.69) is 4.74 Å². The number of sulfonamides is 1. The fourth-order valence-electron chi connectivity index (χ4n) is 1.97. The predicted molar refractivity (Wildman–Crippen MR) is 75.9 cm³/mol. The maximum atomic E-state index is 12.0. The Morgan fingerprint density at radius 1 is 1.38 bits per heavy atom. The zero-order valence-corrected chi connectivity index (χ0v) is 12.8. The van der Waals surface area contributed by atoms with Gasteiger partial charge in [0.1, 0.15) is 5.41 Å². The Hall–Kier alpha value is -1.60. The van der Waals surface area contributed by atoms with E-state index in [0.29, 0.717) is 10.6 Å². The van der Waals surface area contributed by atoms with Crippen molar-refractivity contribution in [1.29, 1.82) is 0 Å². The van der Waals surface area contributed by atoms with Gasteiger partial charge in [0.15, 0.2) is 0 Å². The summed E-state index contributed by atoms with van der Waals surface area (Å²) in [6, 6.07) is 6.32. The van der Waals surface area contributed by atoms with Crippen LogP contribution in [-0.2, 0) is 30.1 Å². The standard InChI is InChI=1S/C13H14ClNO5S/c1-20-12(17)13(5-6-13)11(16)15-21(18,19)8-9-3-2-4-10(14)7-9/h2-4,7H,5-6,8H2,1H3,(H,15,16). The molecule has 1 aliphatic rings. The van der Waals surface area contributed by atoms with Crippen molar-refractivity contribution in [2.45, 2.75) is 18.6 Å². The lowest BCUT2D eigenvalue weighted by Gasteiger charge is -2.13. The summed E-state index contributed by atoms with van der Waals surface area (Å²) in [5, 5.41) is 0.405. The second-order valence-electron chi connectivity index (χ2n) is 4.89. The Morgan fingerprint density at radius 2 is 2.05 bits per heavy atom. The molecule has 0 atom stereocenters. The van der Waals surface area contributed by atoms with Gasteiger partial charge in [-0.3, -0.25) is 14.3 Å². The molecule has 114 valence electrons. The Kier molecular flexibility index (Phi) is 4.25. The molecule has 1 aromatic rings. The van der Waals surface area contributed by atoms with Gasteiger partial charge < -0.3 is 4.74 Å². The fraction of sp³-hybridized carbons (Fsp3) is 0.385. The average Bonchev–Trinajstić information content (AvgIpc) is 3.18. The van der Waals surface area contributed by atoms with E-state index in [-0.39, 0.29) is 12.8 Å². The highest BCUT2D eigenvalue weighted by atomic mass is 35.5. The largest absolute Gasteiger partial charge is 0.468 e. The third-order valence-electron chi connectivity index (χ3n) is 3.25. The molecule has 0 spiro atoms. The van der Waals surface area contributed by atoms with Crippen molar-refractivity contribution < 1.29 is 22.7 Å². The number of ether oxygens (including phenoxy) is 1. The number of carbonyl (C=O) groups excluding carboxylic acids is 2. The lowest BCUT2D eigenvalue weighted by Crippen LogP contribution is -2.41. The SMILES string of the molecule is COC(=O)C1(C(=O)NS(=O)(=O)Cc2cccc(Cl)c2)CC1. The van der Waals surface area contributed by atoms with Crippen LogP contribution in [0.2, 0.25) is 5.02 Å². The fourth-order valence-corrected chi connectivity index (χ4v) is 3.35. The second-order valence-corrected chi connectivity index (χ2v) is 7.05. The van der Waals surface area contributed by atoms with Gasteiger partial charge in [-0.15, -0.1) is 0 Å². The first-order chi connectivity index (χ1) is 9.79. The number of benzene rings is 1. The smallest absolute Gasteiger partial charge is 0.321 e. The van der Waals surface area contributed by atoms with E-state index in [1.165, 1.54) is 6.07 Å². The van der Waals surface area contributed by atoms with Crippen molar-refractivity contribution in [2.24, 2.45) is 5.41 Å². The van der Waals surface area contributed by atoms with Gasteiger partial charge in [-0.25, -0.2) is 8.42 Å². The van der Waals surface area contributed by atoms with Crippen molar-refractivity contribution in [3.63, 3.8) is 0 Å². The summed E-state index contributed by atoms with van der Waals surface area (Å²) in [5.74, 6) is -1.94. The summed E-state index contributed by atoms with van der Waals surface area (Å²) in [6.45, 7) is 0. The van der Waals surface area contributed by atoms with Crippen LogP contribution >= 0.6 is 11.6 Å². The summed E-state index contributed by atoms with van der Waals surface area (Å²) >= 11 is 5.78. The number of amides is 1. The first kappa shape index (κ1) is 15.8. The molecule has 0 bridgehead atoms. The molecule has 1 amide bonds. The van der Waals surface area contributed by atoms with Crippen LogP contribution in [-0.4, -0.2) is 27.4 Å². The number of carbonyl (C=O) groups is 2. The van der Waals surface area contributed by atoms with Crippen molar-refractivity contribution in [1.82, 2.24) is 4.72 Å². The van der Waals surface area contributed by atoms with Gasteiger partial charge in [0.25, 0.3) is 5.91 Å². The molecule has 0 saturated heterocycles. The van der Waals surface area contributed by atoms with Gasteiger partial charge in [0.2, 0.25) is 10.0 Å². The van der Waals surface area contributed by atoms with Gasteiger partial charge in [0.05, 0.1) is 12.9 Å². The minimum atomic E-state index is -3.90. The van der Waals surface area contributed by atoms with Crippen LogP contribution in [0.1, 0.15) is 18.4 Å².